The Morgan fingerprint density at radius 1 is 1.26 bits per heavy atom. The molecule has 1 aliphatic rings. The molecule has 0 aliphatic carbocycles. The average Bonchev–Trinajstić information content (AvgIpc) is 2.92. The number of para-hydroxylation sites is 1. The zero-order chi connectivity index (χ0) is 13.5. The Kier molecular flexibility index (Phi) is 5.67. The van der Waals surface area contributed by atoms with Gasteiger partial charge in [0.1, 0.15) is 0 Å². The molecular weight excluding hydrogens is 234 g/mol. The van der Waals surface area contributed by atoms with Crippen molar-refractivity contribution in [1.82, 2.24) is 10.2 Å². The molecule has 106 valence electrons. The van der Waals surface area contributed by atoms with Crippen molar-refractivity contribution in [3.05, 3.63) is 29.3 Å². The van der Waals surface area contributed by atoms with Crippen LogP contribution in [0.1, 0.15) is 31.4 Å². The Balaban J connectivity index is 1.70. The number of anilines is 1. The number of benzene rings is 1. The molecule has 0 saturated heterocycles. The molecule has 0 aromatic heterocycles. The lowest BCUT2D eigenvalue weighted by molar-refractivity contribution is 0.298. The highest BCUT2D eigenvalue weighted by Gasteiger charge is 2.12. The second-order valence-corrected chi connectivity index (χ2v) is 5.19. The molecule has 0 saturated carbocycles. The van der Waals surface area contributed by atoms with Crippen LogP contribution in [0.2, 0.25) is 0 Å². The van der Waals surface area contributed by atoms with E-state index in [0.717, 1.165) is 32.7 Å². The van der Waals surface area contributed by atoms with E-state index < -0.39 is 0 Å². The van der Waals surface area contributed by atoms with Crippen LogP contribution in [0, 0.1) is 0 Å². The first-order chi connectivity index (χ1) is 9.35. The summed E-state index contributed by atoms with van der Waals surface area (Å²) in [6, 6.07) is 6.65. The molecular formula is C16H27N3. The molecule has 1 aliphatic heterocycles. The molecule has 0 bridgehead atoms. The quantitative estimate of drug-likeness (QED) is 0.704. The van der Waals surface area contributed by atoms with Gasteiger partial charge in [-0.3, -0.25) is 0 Å². The molecule has 0 fully saturated rings. The van der Waals surface area contributed by atoms with Gasteiger partial charge in [0.15, 0.2) is 0 Å². The van der Waals surface area contributed by atoms with E-state index in [-0.39, 0.29) is 0 Å². The molecule has 2 rings (SSSR count). The molecule has 0 spiro atoms. The third kappa shape index (κ3) is 3.95. The van der Waals surface area contributed by atoms with Crippen molar-refractivity contribution in [2.75, 3.05) is 38.0 Å². The van der Waals surface area contributed by atoms with E-state index >= 15 is 0 Å². The molecule has 0 atom stereocenters. The van der Waals surface area contributed by atoms with Crippen molar-refractivity contribution in [3.8, 4) is 0 Å². The van der Waals surface area contributed by atoms with Crippen molar-refractivity contribution in [1.29, 1.82) is 0 Å². The molecule has 1 heterocycles. The lowest BCUT2D eigenvalue weighted by atomic mass is 10.1. The SMILES string of the molecule is CCN(CC)CCCNCc1cccc2c1NCC2. The predicted octanol–water partition coefficient (Wildman–Crippen LogP) is 2.48. The number of fused-ring (bicyclic) bond motifs is 1. The summed E-state index contributed by atoms with van der Waals surface area (Å²) in [6.45, 7) is 11.2. The van der Waals surface area contributed by atoms with E-state index in [0.29, 0.717) is 0 Å². The maximum absolute atomic E-state index is 3.57. The molecule has 0 unspecified atom stereocenters. The molecule has 3 nitrogen and oxygen atoms in total. The van der Waals surface area contributed by atoms with Crippen LogP contribution in [0.3, 0.4) is 0 Å². The third-order valence-electron chi connectivity index (χ3n) is 3.97. The second kappa shape index (κ2) is 7.51. The van der Waals surface area contributed by atoms with Crippen LogP contribution >= 0.6 is 0 Å². The van der Waals surface area contributed by atoms with Gasteiger partial charge in [-0.05, 0) is 50.1 Å². The number of hydrogen-bond donors (Lipinski definition) is 2. The van der Waals surface area contributed by atoms with Gasteiger partial charge < -0.3 is 15.5 Å². The number of rotatable bonds is 8. The van der Waals surface area contributed by atoms with E-state index in [4.69, 9.17) is 0 Å². The smallest absolute Gasteiger partial charge is 0.0419 e. The summed E-state index contributed by atoms with van der Waals surface area (Å²) in [7, 11) is 0. The van der Waals surface area contributed by atoms with E-state index in [1.165, 1.54) is 36.2 Å². The van der Waals surface area contributed by atoms with Gasteiger partial charge in [-0.15, -0.1) is 0 Å². The number of nitrogens with one attached hydrogen (secondary N) is 2. The molecule has 3 heteroatoms. The Bertz CT molecular complexity index is 386. The topological polar surface area (TPSA) is 27.3 Å². The Hall–Kier alpha value is -1.06. The molecule has 1 aromatic carbocycles. The lowest BCUT2D eigenvalue weighted by Gasteiger charge is -2.18. The first-order valence-corrected chi connectivity index (χ1v) is 7.62. The highest BCUT2D eigenvalue weighted by Crippen LogP contribution is 2.25. The van der Waals surface area contributed by atoms with Gasteiger partial charge in [-0.2, -0.15) is 0 Å². The monoisotopic (exact) mass is 261 g/mol. The second-order valence-electron chi connectivity index (χ2n) is 5.19. The van der Waals surface area contributed by atoms with Crippen molar-refractivity contribution in [3.63, 3.8) is 0 Å². The first-order valence-electron chi connectivity index (χ1n) is 7.62. The summed E-state index contributed by atoms with van der Waals surface area (Å²) < 4.78 is 0. The van der Waals surface area contributed by atoms with Crippen LogP contribution in [0.15, 0.2) is 18.2 Å². The van der Waals surface area contributed by atoms with E-state index in [9.17, 15) is 0 Å². The van der Waals surface area contributed by atoms with Gasteiger partial charge in [0.25, 0.3) is 0 Å². The Labute approximate surface area is 117 Å². The fraction of sp³-hybridized carbons (Fsp3) is 0.625. The van der Waals surface area contributed by atoms with Crippen molar-refractivity contribution in [2.45, 2.75) is 33.2 Å². The minimum absolute atomic E-state index is 0.981. The summed E-state index contributed by atoms with van der Waals surface area (Å²) in [5.41, 5.74) is 4.26. The molecule has 19 heavy (non-hydrogen) atoms. The van der Waals surface area contributed by atoms with Gasteiger partial charge in [0.05, 0.1) is 0 Å². The highest BCUT2D eigenvalue weighted by molar-refractivity contribution is 5.61. The molecule has 2 N–H and O–H groups in total. The van der Waals surface area contributed by atoms with Crippen LogP contribution in [0.5, 0.6) is 0 Å². The predicted molar refractivity (Wildman–Crippen MR) is 82.7 cm³/mol. The zero-order valence-electron chi connectivity index (χ0n) is 12.3. The number of hydrogen-bond acceptors (Lipinski definition) is 3. The first kappa shape index (κ1) is 14.4. The van der Waals surface area contributed by atoms with Crippen LogP contribution in [-0.4, -0.2) is 37.6 Å². The largest absolute Gasteiger partial charge is 0.384 e. The molecule has 1 aromatic rings. The van der Waals surface area contributed by atoms with Crippen molar-refractivity contribution < 1.29 is 0 Å². The van der Waals surface area contributed by atoms with E-state index in [1.807, 2.05) is 0 Å². The van der Waals surface area contributed by atoms with Crippen molar-refractivity contribution >= 4 is 5.69 Å². The highest BCUT2D eigenvalue weighted by atomic mass is 15.1. The summed E-state index contributed by atoms with van der Waals surface area (Å²) >= 11 is 0. The Morgan fingerprint density at radius 2 is 2.11 bits per heavy atom. The number of nitrogens with zero attached hydrogens (tertiary/aromatic N) is 1. The van der Waals surface area contributed by atoms with Gasteiger partial charge in [0.2, 0.25) is 0 Å². The normalized spacial score (nSPS) is 13.6. The van der Waals surface area contributed by atoms with Crippen LogP contribution < -0.4 is 10.6 Å². The fourth-order valence-electron chi connectivity index (χ4n) is 2.75. The van der Waals surface area contributed by atoms with Gasteiger partial charge in [-0.25, -0.2) is 0 Å². The third-order valence-corrected chi connectivity index (χ3v) is 3.97. The lowest BCUT2D eigenvalue weighted by Crippen LogP contribution is -2.27. The summed E-state index contributed by atoms with van der Waals surface area (Å²) in [4.78, 5) is 2.48. The zero-order valence-corrected chi connectivity index (χ0v) is 12.3. The maximum atomic E-state index is 3.57. The fourth-order valence-corrected chi connectivity index (χ4v) is 2.75. The van der Waals surface area contributed by atoms with Gasteiger partial charge in [-0.1, -0.05) is 32.0 Å². The van der Waals surface area contributed by atoms with Crippen LogP contribution in [0.25, 0.3) is 0 Å². The maximum Gasteiger partial charge on any atom is 0.0419 e. The summed E-state index contributed by atoms with van der Waals surface area (Å²) in [5.74, 6) is 0. The average molecular weight is 261 g/mol. The van der Waals surface area contributed by atoms with Crippen molar-refractivity contribution in [2.24, 2.45) is 0 Å². The van der Waals surface area contributed by atoms with E-state index in [2.05, 4.69) is 47.6 Å². The summed E-state index contributed by atoms with van der Waals surface area (Å²) in [5, 5.41) is 7.07. The molecule has 0 amide bonds. The van der Waals surface area contributed by atoms with Crippen LogP contribution in [0.4, 0.5) is 5.69 Å². The van der Waals surface area contributed by atoms with Gasteiger partial charge >= 0.3 is 0 Å². The van der Waals surface area contributed by atoms with Gasteiger partial charge in [0, 0.05) is 18.8 Å². The van der Waals surface area contributed by atoms with Crippen LogP contribution in [-0.2, 0) is 13.0 Å². The Morgan fingerprint density at radius 3 is 2.89 bits per heavy atom. The molecule has 0 radical (unpaired) electrons. The standard InChI is InChI=1S/C16H27N3/c1-3-19(4-2)12-6-10-17-13-15-8-5-7-14-9-11-18-16(14)15/h5,7-8,17-18H,3-4,6,9-13H2,1-2H3. The van der Waals surface area contributed by atoms with E-state index in [1.54, 1.807) is 0 Å². The minimum Gasteiger partial charge on any atom is -0.384 e. The minimum atomic E-state index is 0.981. The summed E-state index contributed by atoms with van der Waals surface area (Å²) in [6.07, 6.45) is 2.40.